The monoisotopic (exact) mass is 458 g/mol. The molecular weight excluding hydrogens is 443 g/mol. The Labute approximate surface area is 184 Å². The molecule has 2 aromatic heterocycles. The van der Waals surface area contributed by atoms with E-state index in [2.05, 4.69) is 10.3 Å². The standard InChI is InChI=1S/C21H16ClFN4O3S/c1-26-16-5-3-4-11(18(16)19(29)27(2)21(26)30)8-17(28)25-20-24-15(10-31-20)13-7-6-12(22)9-14(13)23/h3-7,9-10H,8H2,1-2H3,(H,24,25,28). The summed E-state index contributed by atoms with van der Waals surface area (Å²) in [5, 5.41) is 5.20. The van der Waals surface area contributed by atoms with Crippen LogP contribution in [0.3, 0.4) is 0 Å². The molecular formula is C21H16ClFN4O3S. The van der Waals surface area contributed by atoms with Gasteiger partial charge in [0.1, 0.15) is 5.82 Å². The fourth-order valence-corrected chi connectivity index (χ4v) is 4.22. The van der Waals surface area contributed by atoms with Crippen molar-refractivity contribution in [2.75, 3.05) is 5.32 Å². The third-order valence-electron chi connectivity index (χ3n) is 4.89. The minimum absolute atomic E-state index is 0.0883. The van der Waals surface area contributed by atoms with Crippen molar-refractivity contribution in [2.24, 2.45) is 14.1 Å². The van der Waals surface area contributed by atoms with Gasteiger partial charge in [0, 0.05) is 30.1 Å². The molecule has 0 spiro atoms. The van der Waals surface area contributed by atoms with E-state index in [1.54, 1.807) is 36.7 Å². The van der Waals surface area contributed by atoms with Crippen LogP contribution in [0.1, 0.15) is 5.56 Å². The summed E-state index contributed by atoms with van der Waals surface area (Å²) in [5.41, 5.74) is 0.697. The number of aryl methyl sites for hydroxylation is 1. The highest BCUT2D eigenvalue weighted by Crippen LogP contribution is 2.28. The molecule has 0 saturated carbocycles. The molecule has 4 aromatic rings. The van der Waals surface area contributed by atoms with Crippen molar-refractivity contribution in [3.63, 3.8) is 0 Å². The summed E-state index contributed by atoms with van der Waals surface area (Å²) in [6, 6.07) is 9.30. The fourth-order valence-electron chi connectivity index (χ4n) is 3.33. The smallest absolute Gasteiger partial charge is 0.302 e. The Balaban J connectivity index is 1.61. The Morgan fingerprint density at radius 2 is 1.97 bits per heavy atom. The second kappa shape index (κ2) is 8.09. The highest BCUT2D eigenvalue weighted by atomic mass is 35.5. The van der Waals surface area contributed by atoms with Gasteiger partial charge in [0.25, 0.3) is 5.56 Å². The topological polar surface area (TPSA) is 86.0 Å². The third kappa shape index (κ3) is 3.89. The average Bonchev–Trinajstić information content (AvgIpc) is 3.18. The molecule has 1 N–H and O–H groups in total. The molecule has 7 nitrogen and oxygen atoms in total. The van der Waals surface area contributed by atoms with Crippen molar-refractivity contribution in [3.8, 4) is 11.3 Å². The number of aromatic nitrogens is 3. The lowest BCUT2D eigenvalue weighted by atomic mass is 10.1. The molecule has 31 heavy (non-hydrogen) atoms. The van der Waals surface area contributed by atoms with E-state index in [0.29, 0.717) is 27.3 Å². The first-order valence-corrected chi connectivity index (χ1v) is 10.4. The summed E-state index contributed by atoms with van der Waals surface area (Å²) < 4.78 is 16.5. The number of thiazole rings is 1. The van der Waals surface area contributed by atoms with Gasteiger partial charge >= 0.3 is 5.69 Å². The number of hydrogen-bond acceptors (Lipinski definition) is 5. The Bertz CT molecular complexity index is 1460. The van der Waals surface area contributed by atoms with Crippen LogP contribution in [0.15, 0.2) is 51.4 Å². The number of amides is 1. The highest BCUT2D eigenvalue weighted by Gasteiger charge is 2.16. The highest BCUT2D eigenvalue weighted by molar-refractivity contribution is 7.14. The molecule has 10 heteroatoms. The van der Waals surface area contributed by atoms with Crippen molar-refractivity contribution in [1.29, 1.82) is 0 Å². The molecule has 0 bridgehead atoms. The van der Waals surface area contributed by atoms with E-state index in [0.717, 1.165) is 15.9 Å². The second-order valence-electron chi connectivity index (χ2n) is 6.90. The average molecular weight is 459 g/mol. The van der Waals surface area contributed by atoms with Gasteiger partial charge in [0.2, 0.25) is 5.91 Å². The lowest BCUT2D eigenvalue weighted by molar-refractivity contribution is -0.115. The Kier molecular flexibility index (Phi) is 5.47. The van der Waals surface area contributed by atoms with E-state index in [1.165, 1.54) is 23.7 Å². The molecule has 0 fully saturated rings. The van der Waals surface area contributed by atoms with Crippen molar-refractivity contribution < 1.29 is 9.18 Å². The number of halogens is 2. The minimum Gasteiger partial charge on any atom is -0.302 e. The summed E-state index contributed by atoms with van der Waals surface area (Å²) in [4.78, 5) is 41.7. The largest absolute Gasteiger partial charge is 0.330 e. The minimum atomic E-state index is -0.507. The van der Waals surface area contributed by atoms with Crippen LogP contribution >= 0.6 is 22.9 Å². The van der Waals surface area contributed by atoms with Crippen molar-refractivity contribution in [2.45, 2.75) is 6.42 Å². The van der Waals surface area contributed by atoms with Crippen LogP contribution < -0.4 is 16.6 Å². The van der Waals surface area contributed by atoms with Gasteiger partial charge in [0.15, 0.2) is 5.13 Å². The van der Waals surface area contributed by atoms with Gasteiger partial charge in [-0.1, -0.05) is 23.7 Å². The van der Waals surface area contributed by atoms with E-state index in [-0.39, 0.29) is 22.9 Å². The number of nitrogens with zero attached hydrogens (tertiary/aromatic N) is 3. The van der Waals surface area contributed by atoms with Gasteiger partial charge < -0.3 is 5.32 Å². The molecule has 2 aromatic carbocycles. The normalized spacial score (nSPS) is 11.1. The molecule has 0 aliphatic heterocycles. The van der Waals surface area contributed by atoms with Gasteiger partial charge in [0.05, 0.1) is 23.0 Å². The number of carbonyl (C=O) groups is 1. The Hall–Kier alpha value is -3.30. The summed E-state index contributed by atoms with van der Waals surface area (Å²) in [5.74, 6) is -0.895. The maximum Gasteiger partial charge on any atom is 0.330 e. The van der Waals surface area contributed by atoms with Crippen LogP contribution in [0.2, 0.25) is 5.02 Å². The van der Waals surface area contributed by atoms with Crippen LogP contribution in [-0.2, 0) is 25.3 Å². The SMILES string of the molecule is Cn1c(=O)c2c(CC(=O)Nc3nc(-c4ccc(Cl)cc4F)cs3)cccc2n(C)c1=O. The first-order chi connectivity index (χ1) is 14.8. The number of anilines is 1. The quantitative estimate of drug-likeness (QED) is 0.508. The van der Waals surface area contributed by atoms with E-state index < -0.39 is 17.1 Å². The van der Waals surface area contributed by atoms with Crippen LogP contribution in [-0.4, -0.2) is 20.0 Å². The van der Waals surface area contributed by atoms with E-state index >= 15 is 0 Å². The molecule has 0 aliphatic carbocycles. The zero-order valence-corrected chi connectivity index (χ0v) is 18.1. The predicted octanol–water partition coefficient (Wildman–Crippen LogP) is 3.33. The molecule has 0 unspecified atom stereocenters. The van der Waals surface area contributed by atoms with Crippen LogP contribution in [0.4, 0.5) is 9.52 Å². The number of hydrogen-bond donors (Lipinski definition) is 1. The number of benzene rings is 2. The predicted molar refractivity (Wildman–Crippen MR) is 119 cm³/mol. The van der Waals surface area contributed by atoms with Gasteiger partial charge in [-0.25, -0.2) is 14.2 Å². The summed E-state index contributed by atoms with van der Waals surface area (Å²) in [7, 11) is 2.97. The molecule has 0 radical (unpaired) electrons. The summed E-state index contributed by atoms with van der Waals surface area (Å²) >= 11 is 6.93. The lowest BCUT2D eigenvalue weighted by Gasteiger charge is -2.10. The zero-order valence-electron chi connectivity index (χ0n) is 16.5. The van der Waals surface area contributed by atoms with E-state index in [4.69, 9.17) is 11.6 Å². The van der Waals surface area contributed by atoms with Crippen molar-refractivity contribution >= 4 is 44.9 Å². The van der Waals surface area contributed by atoms with Crippen molar-refractivity contribution in [1.82, 2.24) is 14.1 Å². The number of nitrogens with one attached hydrogen (secondary N) is 1. The van der Waals surface area contributed by atoms with Crippen LogP contribution in [0.5, 0.6) is 0 Å². The molecule has 0 atom stereocenters. The number of fused-ring (bicyclic) bond motifs is 1. The van der Waals surface area contributed by atoms with E-state index in [1.807, 2.05) is 0 Å². The Morgan fingerprint density at radius 3 is 2.71 bits per heavy atom. The molecule has 0 aliphatic rings. The fraction of sp³-hybridized carbons (Fsp3) is 0.143. The van der Waals surface area contributed by atoms with E-state index in [9.17, 15) is 18.8 Å². The molecule has 158 valence electrons. The van der Waals surface area contributed by atoms with Crippen LogP contribution in [0.25, 0.3) is 22.2 Å². The summed E-state index contributed by atoms with van der Waals surface area (Å²) in [6.07, 6.45) is -0.0883. The zero-order chi connectivity index (χ0) is 22.3. The molecule has 4 rings (SSSR count). The second-order valence-corrected chi connectivity index (χ2v) is 8.20. The summed E-state index contributed by atoms with van der Waals surface area (Å²) in [6.45, 7) is 0. The van der Waals surface area contributed by atoms with Gasteiger partial charge in [-0.2, -0.15) is 0 Å². The molecule has 1 amide bonds. The van der Waals surface area contributed by atoms with Gasteiger partial charge in [-0.15, -0.1) is 11.3 Å². The maximum atomic E-state index is 14.1. The maximum absolute atomic E-state index is 14.1. The van der Waals surface area contributed by atoms with Gasteiger partial charge in [-0.05, 0) is 29.8 Å². The molecule has 2 heterocycles. The number of rotatable bonds is 4. The Morgan fingerprint density at radius 1 is 1.19 bits per heavy atom. The van der Waals surface area contributed by atoms with Crippen molar-refractivity contribution in [3.05, 3.63) is 79.0 Å². The lowest BCUT2D eigenvalue weighted by Crippen LogP contribution is -2.37. The van der Waals surface area contributed by atoms with Gasteiger partial charge in [-0.3, -0.25) is 18.7 Å². The molecule has 0 saturated heterocycles. The first-order valence-electron chi connectivity index (χ1n) is 9.14. The number of carbonyl (C=O) groups excluding carboxylic acids is 1. The first kappa shape index (κ1) is 21.0. The van der Waals surface area contributed by atoms with Crippen LogP contribution in [0, 0.1) is 5.82 Å². The third-order valence-corrected chi connectivity index (χ3v) is 5.88.